The van der Waals surface area contributed by atoms with Crippen LogP contribution in [0.25, 0.3) is 0 Å². The van der Waals surface area contributed by atoms with E-state index in [0.29, 0.717) is 50.2 Å². The van der Waals surface area contributed by atoms with E-state index >= 15 is 0 Å². The molecule has 1 atom stereocenters. The minimum Gasteiger partial charge on any atom is -0.414 e. The average Bonchev–Trinajstić information content (AvgIpc) is 3.17. The first kappa shape index (κ1) is 26.5. The molecule has 2 saturated heterocycles. The Morgan fingerprint density at radius 1 is 1.16 bits per heavy atom. The Hall–Kier alpha value is -3.08. The van der Waals surface area contributed by atoms with E-state index in [1.165, 1.54) is 10.6 Å². The normalized spacial score (nSPS) is 22.8. The summed E-state index contributed by atoms with van der Waals surface area (Å²) in [6.45, 7) is 9.71. The number of hydrogen-bond acceptors (Lipinski definition) is 8. The zero-order valence-electron chi connectivity index (χ0n) is 22.8. The molecule has 0 saturated carbocycles. The number of morpholine rings is 1. The van der Waals surface area contributed by atoms with Crippen molar-refractivity contribution < 1.29 is 19.1 Å². The maximum atomic E-state index is 14.5. The van der Waals surface area contributed by atoms with Crippen molar-refractivity contribution in [3.63, 3.8) is 0 Å². The summed E-state index contributed by atoms with van der Waals surface area (Å²) in [7, 11) is 1.62. The zero-order chi connectivity index (χ0) is 27.1. The van der Waals surface area contributed by atoms with Crippen LogP contribution in [0.4, 0.5) is 16.3 Å². The van der Waals surface area contributed by atoms with Gasteiger partial charge in [-0.3, -0.25) is 9.36 Å². The second kappa shape index (κ2) is 9.91. The molecule has 1 unspecified atom stereocenters. The van der Waals surface area contributed by atoms with Crippen molar-refractivity contribution in [2.75, 3.05) is 50.8 Å². The lowest BCUT2D eigenvalue weighted by molar-refractivity contribution is -0.129. The number of carbonyl (C=O) groups excluding carboxylic acids is 2. The minimum absolute atomic E-state index is 0.175. The second-order valence-electron chi connectivity index (χ2n) is 11.6. The van der Waals surface area contributed by atoms with E-state index in [-0.39, 0.29) is 23.3 Å². The molecule has 2 amide bonds. The molecule has 5 rings (SSSR count). The number of carbonyl (C=O) groups is 2. The van der Waals surface area contributed by atoms with E-state index in [2.05, 4.69) is 5.32 Å². The summed E-state index contributed by atoms with van der Waals surface area (Å²) in [6.07, 6.45) is 0.887. The van der Waals surface area contributed by atoms with Gasteiger partial charge in [0.2, 0.25) is 0 Å². The molecular weight excluding hydrogens is 486 g/mol. The number of imide groups is 1. The number of fused-ring (bicyclic) bond motifs is 2. The van der Waals surface area contributed by atoms with E-state index in [0.717, 1.165) is 31.5 Å². The molecule has 204 valence electrons. The Morgan fingerprint density at radius 2 is 1.84 bits per heavy atom. The van der Waals surface area contributed by atoms with Gasteiger partial charge in [0.05, 0.1) is 18.6 Å². The molecule has 10 heteroatoms. The third-order valence-corrected chi connectivity index (χ3v) is 7.98. The molecule has 4 heterocycles. The lowest BCUT2D eigenvalue weighted by Gasteiger charge is -2.36. The van der Waals surface area contributed by atoms with Crippen molar-refractivity contribution in [1.29, 1.82) is 0 Å². The molecule has 0 radical (unpaired) electrons. The standard InChI is InChI=1S/C28H38N5O5/c1-27(2,3)38-26(36)33(19-28(9-11-29-12-10-28)20-7-5-6-8-21(20)33)25(35)18-22-30-23(17-24(34)31(22)4)32-13-15-37-16-14-32/h5-8,17,29H,9-16,18-19H2,1-4H3/q+1. The van der Waals surface area contributed by atoms with Gasteiger partial charge in [-0.1, -0.05) is 18.2 Å². The number of benzene rings is 1. The van der Waals surface area contributed by atoms with E-state index in [1.807, 2.05) is 49.9 Å². The molecule has 0 bridgehead atoms. The second-order valence-corrected chi connectivity index (χ2v) is 11.6. The third-order valence-electron chi connectivity index (χ3n) is 7.98. The molecule has 3 aliphatic heterocycles. The van der Waals surface area contributed by atoms with Gasteiger partial charge in [-0.15, -0.1) is 4.48 Å². The number of aromatic nitrogens is 2. The number of amides is 2. The number of hydrogen-bond donors (Lipinski definition) is 1. The van der Waals surface area contributed by atoms with Gasteiger partial charge in [0, 0.05) is 37.8 Å². The van der Waals surface area contributed by atoms with Gasteiger partial charge < -0.3 is 19.7 Å². The molecular formula is C28H38N5O5+. The summed E-state index contributed by atoms with van der Waals surface area (Å²) in [5.74, 6) is 0.511. The van der Waals surface area contributed by atoms with Crippen LogP contribution < -0.4 is 20.3 Å². The molecule has 2 fully saturated rings. The highest BCUT2D eigenvalue weighted by atomic mass is 16.6. The van der Waals surface area contributed by atoms with Crippen LogP contribution in [0.15, 0.2) is 35.1 Å². The van der Waals surface area contributed by atoms with Crippen molar-refractivity contribution >= 4 is 23.5 Å². The molecule has 1 spiro atoms. The van der Waals surface area contributed by atoms with E-state index in [9.17, 15) is 14.4 Å². The number of anilines is 1. The maximum absolute atomic E-state index is 14.5. The molecule has 0 aliphatic carbocycles. The zero-order valence-corrected chi connectivity index (χ0v) is 22.8. The average molecular weight is 525 g/mol. The van der Waals surface area contributed by atoms with Crippen LogP contribution in [0.2, 0.25) is 0 Å². The third kappa shape index (κ3) is 4.65. The first-order valence-corrected chi connectivity index (χ1v) is 13.4. The topological polar surface area (TPSA) is 103 Å². The van der Waals surface area contributed by atoms with Gasteiger partial charge in [0.25, 0.3) is 5.56 Å². The predicted molar refractivity (Wildman–Crippen MR) is 144 cm³/mol. The van der Waals surface area contributed by atoms with Crippen LogP contribution in [0.5, 0.6) is 0 Å². The number of ether oxygens (including phenoxy) is 2. The quantitative estimate of drug-likeness (QED) is 0.610. The fourth-order valence-corrected chi connectivity index (χ4v) is 6.00. The lowest BCUT2D eigenvalue weighted by atomic mass is 9.75. The van der Waals surface area contributed by atoms with Crippen LogP contribution in [0.1, 0.15) is 45.0 Å². The minimum atomic E-state index is -0.775. The summed E-state index contributed by atoms with van der Waals surface area (Å²) < 4.78 is 12.2. The number of quaternary nitrogens is 1. The molecule has 38 heavy (non-hydrogen) atoms. The molecule has 1 aromatic carbocycles. The van der Waals surface area contributed by atoms with Crippen molar-refractivity contribution in [1.82, 2.24) is 19.4 Å². The number of rotatable bonds is 3. The van der Waals surface area contributed by atoms with Crippen LogP contribution in [0.3, 0.4) is 0 Å². The van der Waals surface area contributed by atoms with Gasteiger partial charge in [-0.2, -0.15) is 4.79 Å². The summed E-state index contributed by atoms with van der Waals surface area (Å²) in [5, 5.41) is 3.41. The van der Waals surface area contributed by atoms with Crippen molar-refractivity contribution in [2.45, 2.75) is 51.0 Å². The number of nitrogens with zero attached hydrogens (tertiary/aromatic N) is 4. The van der Waals surface area contributed by atoms with Crippen LogP contribution in [-0.2, 0) is 33.2 Å². The Balaban J connectivity index is 1.59. The summed E-state index contributed by atoms with van der Waals surface area (Å²) in [5.41, 5.74) is 0.365. The molecule has 1 N–H and O–H groups in total. The van der Waals surface area contributed by atoms with Gasteiger partial charge in [-0.05, 0) is 46.7 Å². The summed E-state index contributed by atoms with van der Waals surface area (Å²) >= 11 is 0. The largest absolute Gasteiger partial charge is 0.529 e. The van der Waals surface area contributed by atoms with Crippen molar-refractivity contribution in [2.24, 2.45) is 7.05 Å². The number of piperidine rings is 1. The monoisotopic (exact) mass is 524 g/mol. The van der Waals surface area contributed by atoms with Gasteiger partial charge in [0.15, 0.2) is 5.69 Å². The number of nitrogens with one attached hydrogen (secondary N) is 1. The fourth-order valence-electron chi connectivity index (χ4n) is 6.00. The SMILES string of the molecule is Cn1c(CC(=O)[N+]2(C(=O)OC(C)(C)C)CC3(CCNCC3)c3ccccc32)nc(N2CCOCC2)cc1=O. The molecule has 10 nitrogen and oxygen atoms in total. The van der Waals surface area contributed by atoms with Crippen LogP contribution >= 0.6 is 0 Å². The van der Waals surface area contributed by atoms with E-state index in [4.69, 9.17) is 14.5 Å². The van der Waals surface area contributed by atoms with E-state index in [1.54, 1.807) is 7.05 Å². The number of para-hydroxylation sites is 1. The van der Waals surface area contributed by atoms with Crippen LogP contribution in [-0.4, -0.2) is 73.1 Å². The van der Waals surface area contributed by atoms with Gasteiger partial charge >= 0.3 is 12.0 Å². The van der Waals surface area contributed by atoms with Crippen molar-refractivity contribution in [3.8, 4) is 0 Å². The first-order chi connectivity index (χ1) is 18.1. The van der Waals surface area contributed by atoms with Gasteiger partial charge in [0.1, 0.15) is 30.2 Å². The molecule has 3 aliphatic rings. The Labute approximate surface area is 223 Å². The highest BCUT2D eigenvalue weighted by Gasteiger charge is 2.62. The lowest BCUT2D eigenvalue weighted by Crippen LogP contribution is -2.62. The van der Waals surface area contributed by atoms with Crippen LogP contribution in [0, 0.1) is 0 Å². The fraction of sp³-hybridized carbons (Fsp3) is 0.571. The smallest absolute Gasteiger partial charge is 0.414 e. The Kier molecular flexibility index (Phi) is 6.91. The first-order valence-electron chi connectivity index (χ1n) is 13.4. The highest BCUT2D eigenvalue weighted by molar-refractivity contribution is 6.09. The Morgan fingerprint density at radius 3 is 2.53 bits per heavy atom. The van der Waals surface area contributed by atoms with Gasteiger partial charge in [-0.25, -0.2) is 9.78 Å². The molecule has 2 aromatic rings. The maximum Gasteiger partial charge on any atom is 0.529 e. The van der Waals surface area contributed by atoms with Crippen molar-refractivity contribution in [3.05, 3.63) is 52.1 Å². The predicted octanol–water partition coefficient (Wildman–Crippen LogP) is 2.26. The molecule has 1 aromatic heterocycles. The van der Waals surface area contributed by atoms with E-state index < -0.39 is 16.2 Å². The summed E-state index contributed by atoms with van der Waals surface area (Å²) in [6, 6.07) is 9.26. The highest BCUT2D eigenvalue weighted by Crippen LogP contribution is 2.50. The summed E-state index contributed by atoms with van der Waals surface area (Å²) in [4.78, 5) is 48.2. The Bertz CT molecular complexity index is 1290.